The first-order valence-electron chi connectivity index (χ1n) is 6.19. The van der Waals surface area contributed by atoms with Gasteiger partial charge in [0, 0.05) is 6.04 Å². The average Bonchev–Trinajstić information content (AvgIpc) is 2.70. The molecule has 0 amide bonds. The second-order valence-electron chi connectivity index (χ2n) is 5.01. The summed E-state index contributed by atoms with van der Waals surface area (Å²) in [6.07, 6.45) is 8.50. The number of ether oxygens (including phenoxy) is 1. The molecule has 2 fully saturated rings. The predicted octanol–water partition coefficient (Wildman–Crippen LogP) is 2.33. The highest BCUT2D eigenvalue weighted by Gasteiger charge is 2.21. The summed E-state index contributed by atoms with van der Waals surface area (Å²) in [5.74, 6) is 0.930. The lowest BCUT2D eigenvalue weighted by molar-refractivity contribution is 0.0105. The molecule has 1 aliphatic carbocycles. The fraction of sp³-hybridized carbons (Fsp3) is 1.00. The molecule has 1 unspecified atom stereocenters. The van der Waals surface area contributed by atoms with Gasteiger partial charge in [-0.25, -0.2) is 0 Å². The van der Waals surface area contributed by atoms with Crippen molar-refractivity contribution >= 4 is 0 Å². The van der Waals surface area contributed by atoms with E-state index in [2.05, 4.69) is 12.2 Å². The van der Waals surface area contributed by atoms with Crippen molar-refractivity contribution in [1.29, 1.82) is 0 Å². The summed E-state index contributed by atoms with van der Waals surface area (Å²) in [5.41, 5.74) is 0. The van der Waals surface area contributed by atoms with Crippen LogP contribution in [0.5, 0.6) is 0 Å². The molecule has 1 heterocycles. The minimum absolute atomic E-state index is 0.564. The Morgan fingerprint density at radius 2 is 1.93 bits per heavy atom. The maximum absolute atomic E-state index is 5.95. The summed E-state index contributed by atoms with van der Waals surface area (Å²) >= 11 is 0. The standard InChI is InChI=1S/C12H23NO/c1-10-4-6-12(7-5-10)14-9-11-3-2-8-13-11/h10-13H,2-9H2,1H3. The number of nitrogens with one attached hydrogen (secondary N) is 1. The zero-order valence-electron chi connectivity index (χ0n) is 9.30. The van der Waals surface area contributed by atoms with E-state index in [9.17, 15) is 0 Å². The van der Waals surface area contributed by atoms with Gasteiger partial charge in [-0.05, 0) is 51.0 Å². The molecule has 0 bridgehead atoms. The molecule has 1 aliphatic heterocycles. The Morgan fingerprint density at radius 1 is 1.14 bits per heavy atom. The highest BCUT2D eigenvalue weighted by Crippen LogP contribution is 2.25. The number of rotatable bonds is 3. The topological polar surface area (TPSA) is 21.3 Å². The summed E-state index contributed by atoms with van der Waals surface area (Å²) in [4.78, 5) is 0. The van der Waals surface area contributed by atoms with Gasteiger partial charge in [-0.3, -0.25) is 0 Å². The Morgan fingerprint density at radius 3 is 2.57 bits per heavy atom. The third kappa shape index (κ3) is 2.96. The van der Waals surface area contributed by atoms with Crippen molar-refractivity contribution in [1.82, 2.24) is 5.32 Å². The van der Waals surface area contributed by atoms with Crippen LogP contribution in [0.3, 0.4) is 0 Å². The van der Waals surface area contributed by atoms with Gasteiger partial charge in [0.25, 0.3) is 0 Å². The predicted molar refractivity (Wildman–Crippen MR) is 58.4 cm³/mol. The van der Waals surface area contributed by atoms with Crippen molar-refractivity contribution in [3.8, 4) is 0 Å². The lowest BCUT2D eigenvalue weighted by Gasteiger charge is -2.27. The lowest BCUT2D eigenvalue weighted by atomic mass is 9.89. The van der Waals surface area contributed by atoms with Crippen molar-refractivity contribution in [3.05, 3.63) is 0 Å². The van der Waals surface area contributed by atoms with Gasteiger partial charge in [-0.2, -0.15) is 0 Å². The van der Waals surface area contributed by atoms with Gasteiger partial charge in [0.1, 0.15) is 0 Å². The minimum atomic E-state index is 0.564. The smallest absolute Gasteiger partial charge is 0.0623 e. The van der Waals surface area contributed by atoms with Crippen molar-refractivity contribution < 1.29 is 4.74 Å². The summed E-state index contributed by atoms with van der Waals surface area (Å²) in [7, 11) is 0. The third-order valence-electron chi connectivity index (χ3n) is 3.66. The first kappa shape index (κ1) is 10.4. The molecule has 0 aromatic heterocycles. The summed E-state index contributed by atoms with van der Waals surface area (Å²) in [5, 5.41) is 3.48. The summed E-state index contributed by atoms with van der Waals surface area (Å²) in [6, 6.07) is 0.648. The Balaban J connectivity index is 1.60. The normalized spacial score (nSPS) is 38.8. The van der Waals surface area contributed by atoms with Crippen LogP contribution in [0, 0.1) is 5.92 Å². The van der Waals surface area contributed by atoms with E-state index in [0.717, 1.165) is 12.5 Å². The van der Waals surface area contributed by atoms with Crippen molar-refractivity contribution in [2.75, 3.05) is 13.2 Å². The van der Waals surface area contributed by atoms with Gasteiger partial charge in [-0.1, -0.05) is 6.92 Å². The van der Waals surface area contributed by atoms with Crippen LogP contribution in [-0.4, -0.2) is 25.3 Å². The highest BCUT2D eigenvalue weighted by atomic mass is 16.5. The average molecular weight is 197 g/mol. The van der Waals surface area contributed by atoms with Crippen LogP contribution in [0.25, 0.3) is 0 Å². The molecular weight excluding hydrogens is 174 g/mol. The molecular formula is C12H23NO. The molecule has 0 aromatic rings. The maximum Gasteiger partial charge on any atom is 0.0623 e. The second-order valence-corrected chi connectivity index (χ2v) is 5.01. The fourth-order valence-corrected chi connectivity index (χ4v) is 2.55. The molecule has 2 rings (SSSR count). The largest absolute Gasteiger partial charge is 0.377 e. The van der Waals surface area contributed by atoms with Gasteiger partial charge >= 0.3 is 0 Å². The monoisotopic (exact) mass is 197 g/mol. The molecule has 14 heavy (non-hydrogen) atoms. The van der Waals surface area contributed by atoms with E-state index in [-0.39, 0.29) is 0 Å². The fourth-order valence-electron chi connectivity index (χ4n) is 2.55. The minimum Gasteiger partial charge on any atom is -0.377 e. The van der Waals surface area contributed by atoms with E-state index in [1.165, 1.54) is 45.1 Å². The van der Waals surface area contributed by atoms with Crippen molar-refractivity contribution in [2.45, 2.75) is 57.6 Å². The third-order valence-corrected chi connectivity index (χ3v) is 3.66. The van der Waals surface area contributed by atoms with Crippen LogP contribution in [0.2, 0.25) is 0 Å². The Hall–Kier alpha value is -0.0800. The molecule has 2 aliphatic rings. The van der Waals surface area contributed by atoms with Gasteiger partial charge in [0.05, 0.1) is 12.7 Å². The highest BCUT2D eigenvalue weighted by molar-refractivity contribution is 4.75. The van der Waals surface area contributed by atoms with E-state index in [0.29, 0.717) is 12.1 Å². The van der Waals surface area contributed by atoms with E-state index in [4.69, 9.17) is 4.74 Å². The van der Waals surface area contributed by atoms with Crippen LogP contribution in [0.15, 0.2) is 0 Å². The number of hydrogen-bond donors (Lipinski definition) is 1. The zero-order chi connectivity index (χ0) is 9.80. The molecule has 0 radical (unpaired) electrons. The van der Waals surface area contributed by atoms with Crippen LogP contribution < -0.4 is 5.32 Å². The second kappa shape index (κ2) is 5.13. The van der Waals surface area contributed by atoms with E-state index in [1.807, 2.05) is 0 Å². The van der Waals surface area contributed by atoms with E-state index >= 15 is 0 Å². The summed E-state index contributed by atoms with van der Waals surface area (Å²) in [6.45, 7) is 4.49. The molecule has 1 saturated heterocycles. The molecule has 82 valence electrons. The van der Waals surface area contributed by atoms with Crippen LogP contribution in [0.1, 0.15) is 45.4 Å². The van der Waals surface area contributed by atoms with Crippen LogP contribution in [-0.2, 0) is 4.74 Å². The Bertz CT molecular complexity index is 158. The first-order valence-corrected chi connectivity index (χ1v) is 6.19. The van der Waals surface area contributed by atoms with Crippen LogP contribution in [0.4, 0.5) is 0 Å². The maximum atomic E-state index is 5.95. The molecule has 0 aromatic carbocycles. The van der Waals surface area contributed by atoms with Crippen molar-refractivity contribution in [3.63, 3.8) is 0 Å². The van der Waals surface area contributed by atoms with Crippen molar-refractivity contribution in [2.24, 2.45) is 5.92 Å². The molecule has 1 N–H and O–H groups in total. The van der Waals surface area contributed by atoms with Gasteiger partial charge < -0.3 is 10.1 Å². The zero-order valence-corrected chi connectivity index (χ0v) is 9.30. The first-order chi connectivity index (χ1) is 6.84. The quantitative estimate of drug-likeness (QED) is 0.750. The molecule has 2 nitrogen and oxygen atoms in total. The van der Waals surface area contributed by atoms with Crippen LogP contribution >= 0.6 is 0 Å². The van der Waals surface area contributed by atoms with Gasteiger partial charge in [0.15, 0.2) is 0 Å². The SMILES string of the molecule is CC1CCC(OCC2CCCN2)CC1. The Kier molecular flexibility index (Phi) is 3.82. The molecule has 1 saturated carbocycles. The lowest BCUT2D eigenvalue weighted by Crippen LogP contribution is -2.30. The van der Waals surface area contributed by atoms with Gasteiger partial charge in [-0.15, -0.1) is 0 Å². The molecule has 2 heteroatoms. The van der Waals surface area contributed by atoms with Gasteiger partial charge in [0.2, 0.25) is 0 Å². The van der Waals surface area contributed by atoms with E-state index in [1.54, 1.807) is 0 Å². The van der Waals surface area contributed by atoms with E-state index < -0.39 is 0 Å². The molecule has 0 spiro atoms. The Labute approximate surface area is 87.4 Å². The molecule has 1 atom stereocenters. The summed E-state index contributed by atoms with van der Waals surface area (Å²) < 4.78 is 5.95. The number of hydrogen-bond acceptors (Lipinski definition) is 2.